The Morgan fingerprint density at radius 2 is 0.958 bits per heavy atom. The molecule has 134 valence electrons. The van der Waals surface area contributed by atoms with Crippen LogP contribution in [0, 0.1) is 11.8 Å². The van der Waals surface area contributed by atoms with Crippen molar-refractivity contribution in [1.82, 2.24) is 10.6 Å². The Balaban J connectivity index is 4.26. The second-order valence-corrected chi connectivity index (χ2v) is 5.32. The van der Waals surface area contributed by atoms with Gasteiger partial charge in [-0.25, -0.2) is 0 Å². The summed E-state index contributed by atoms with van der Waals surface area (Å²) in [6.07, 6.45) is 0.319. The molecule has 2 amide bonds. The Bertz CT molecular complexity index is 493. The highest BCUT2D eigenvalue weighted by atomic mass is 16.2. The van der Waals surface area contributed by atoms with Crippen LogP contribution in [-0.4, -0.2) is 48.0 Å². The van der Waals surface area contributed by atoms with Crippen LogP contribution < -0.4 is 10.6 Å². The number of hydrogen-bond acceptors (Lipinski definition) is 6. The van der Waals surface area contributed by atoms with Crippen LogP contribution in [0.15, 0.2) is 0 Å². The monoisotopic (exact) mass is 340 g/mol. The minimum Gasteiger partial charge on any atom is -0.348 e. The maximum Gasteiger partial charge on any atom is 0.288 e. The van der Waals surface area contributed by atoms with Crippen molar-refractivity contribution < 1.29 is 28.8 Å². The molecule has 0 fully saturated rings. The van der Waals surface area contributed by atoms with E-state index in [1.54, 1.807) is 13.8 Å². The standard InChI is InChI=1S/C16H24N2O6/c1-5-11(19)9(3)13(21)15(23)17-7-8-18-16(24)14(22)10(4)12(20)6-2/h9-10H,5-8H2,1-4H3,(H,17,23)(H,18,24)/t9-,10-/m1/s1. The molecule has 2 N–H and O–H groups in total. The number of nitrogens with one attached hydrogen (secondary N) is 2. The van der Waals surface area contributed by atoms with Crippen LogP contribution in [0.1, 0.15) is 40.5 Å². The van der Waals surface area contributed by atoms with Crippen LogP contribution in [0.2, 0.25) is 0 Å². The van der Waals surface area contributed by atoms with Gasteiger partial charge in [0.1, 0.15) is 11.6 Å². The summed E-state index contributed by atoms with van der Waals surface area (Å²) in [5, 5.41) is 4.53. The molecule has 0 aliphatic rings. The normalized spacial score (nSPS) is 12.7. The molecule has 0 spiro atoms. The molecule has 0 aliphatic heterocycles. The van der Waals surface area contributed by atoms with Crippen molar-refractivity contribution in [2.45, 2.75) is 40.5 Å². The Labute approximate surface area is 140 Å². The van der Waals surface area contributed by atoms with Crippen molar-refractivity contribution in [3.63, 3.8) is 0 Å². The van der Waals surface area contributed by atoms with Gasteiger partial charge in [-0.05, 0) is 13.8 Å². The summed E-state index contributed by atoms with van der Waals surface area (Å²) >= 11 is 0. The van der Waals surface area contributed by atoms with Gasteiger partial charge in [0.2, 0.25) is 11.6 Å². The molecule has 8 heteroatoms. The number of Topliss-reactive ketones (excluding diaryl/α,β-unsaturated/α-hetero) is 4. The number of rotatable bonds is 11. The molecule has 0 aromatic rings. The maximum absolute atomic E-state index is 11.7. The fourth-order valence-corrected chi connectivity index (χ4v) is 1.82. The predicted molar refractivity (Wildman–Crippen MR) is 85.0 cm³/mol. The van der Waals surface area contributed by atoms with Crippen LogP contribution in [-0.2, 0) is 28.8 Å². The summed E-state index contributed by atoms with van der Waals surface area (Å²) in [5.74, 6) is -6.19. The topological polar surface area (TPSA) is 126 Å². The summed E-state index contributed by atoms with van der Waals surface area (Å²) in [7, 11) is 0. The van der Waals surface area contributed by atoms with Crippen molar-refractivity contribution in [2.75, 3.05) is 13.1 Å². The van der Waals surface area contributed by atoms with Gasteiger partial charge in [-0.2, -0.15) is 0 Å². The van der Waals surface area contributed by atoms with Gasteiger partial charge in [-0.1, -0.05) is 13.8 Å². The molecule has 0 aliphatic carbocycles. The summed E-state index contributed by atoms with van der Waals surface area (Å²) in [6, 6.07) is 0. The number of amides is 2. The summed E-state index contributed by atoms with van der Waals surface area (Å²) in [4.78, 5) is 69.2. The number of ketones is 4. The van der Waals surface area contributed by atoms with Crippen LogP contribution >= 0.6 is 0 Å². The van der Waals surface area contributed by atoms with Gasteiger partial charge in [0.25, 0.3) is 11.8 Å². The number of carbonyl (C=O) groups is 6. The molecular formula is C16H24N2O6. The van der Waals surface area contributed by atoms with E-state index in [0.29, 0.717) is 0 Å². The minimum atomic E-state index is -1.01. The Hall–Kier alpha value is -2.38. The molecule has 0 saturated heterocycles. The molecule has 0 saturated carbocycles. The smallest absolute Gasteiger partial charge is 0.288 e. The summed E-state index contributed by atoms with van der Waals surface area (Å²) < 4.78 is 0. The van der Waals surface area contributed by atoms with Gasteiger partial charge < -0.3 is 10.6 Å². The van der Waals surface area contributed by atoms with E-state index in [1.807, 2.05) is 0 Å². The van der Waals surface area contributed by atoms with E-state index in [1.165, 1.54) is 13.8 Å². The van der Waals surface area contributed by atoms with Crippen LogP contribution in [0.5, 0.6) is 0 Å². The second kappa shape index (κ2) is 10.4. The van der Waals surface area contributed by atoms with Crippen molar-refractivity contribution in [3.05, 3.63) is 0 Å². The highest BCUT2D eigenvalue weighted by Crippen LogP contribution is 2.03. The molecule has 0 aromatic heterocycles. The highest BCUT2D eigenvalue weighted by molar-refractivity contribution is 6.41. The predicted octanol–water partition coefficient (Wildman–Crippen LogP) is -0.413. The fraction of sp³-hybridized carbons (Fsp3) is 0.625. The minimum absolute atomic E-state index is 0.0767. The first-order valence-corrected chi connectivity index (χ1v) is 7.86. The van der Waals surface area contributed by atoms with Crippen molar-refractivity contribution >= 4 is 34.9 Å². The lowest BCUT2D eigenvalue weighted by Crippen LogP contribution is -2.43. The average Bonchev–Trinajstić information content (AvgIpc) is 2.60. The van der Waals surface area contributed by atoms with Gasteiger partial charge in [0, 0.05) is 25.9 Å². The average molecular weight is 340 g/mol. The maximum atomic E-state index is 11.7. The third-order valence-electron chi connectivity index (χ3n) is 3.59. The highest BCUT2D eigenvalue weighted by Gasteiger charge is 2.27. The Morgan fingerprint density at radius 3 is 1.21 bits per heavy atom. The van der Waals surface area contributed by atoms with Crippen LogP contribution in [0.4, 0.5) is 0 Å². The van der Waals surface area contributed by atoms with Gasteiger partial charge in [-0.3, -0.25) is 28.8 Å². The van der Waals surface area contributed by atoms with E-state index >= 15 is 0 Å². The zero-order valence-corrected chi connectivity index (χ0v) is 14.4. The first-order chi connectivity index (χ1) is 11.2. The molecule has 8 nitrogen and oxygen atoms in total. The van der Waals surface area contributed by atoms with Crippen LogP contribution in [0.3, 0.4) is 0 Å². The van der Waals surface area contributed by atoms with Gasteiger partial charge in [0.15, 0.2) is 0 Å². The van der Waals surface area contributed by atoms with E-state index in [-0.39, 0.29) is 37.5 Å². The molecule has 24 heavy (non-hydrogen) atoms. The fourth-order valence-electron chi connectivity index (χ4n) is 1.82. The van der Waals surface area contributed by atoms with E-state index in [4.69, 9.17) is 0 Å². The lowest BCUT2D eigenvalue weighted by molar-refractivity contribution is -0.143. The molecular weight excluding hydrogens is 316 g/mol. The van der Waals surface area contributed by atoms with Crippen molar-refractivity contribution in [1.29, 1.82) is 0 Å². The summed E-state index contributed by atoms with van der Waals surface area (Å²) in [6.45, 7) is 5.77. The second-order valence-electron chi connectivity index (χ2n) is 5.32. The van der Waals surface area contributed by atoms with Crippen molar-refractivity contribution in [3.8, 4) is 0 Å². The van der Waals surface area contributed by atoms with Gasteiger partial charge >= 0.3 is 0 Å². The van der Waals surface area contributed by atoms with E-state index < -0.39 is 35.2 Å². The largest absolute Gasteiger partial charge is 0.348 e. The molecule has 0 rings (SSSR count). The van der Waals surface area contributed by atoms with E-state index in [0.717, 1.165) is 0 Å². The quantitative estimate of drug-likeness (QED) is 0.299. The van der Waals surface area contributed by atoms with Crippen molar-refractivity contribution in [2.24, 2.45) is 11.8 Å². The lowest BCUT2D eigenvalue weighted by atomic mass is 9.99. The summed E-state index contributed by atoms with van der Waals surface area (Å²) in [5.41, 5.74) is 0. The van der Waals surface area contributed by atoms with E-state index in [2.05, 4.69) is 10.6 Å². The van der Waals surface area contributed by atoms with E-state index in [9.17, 15) is 28.8 Å². The SMILES string of the molecule is CCC(=O)[C@@H](C)C(=O)C(=O)NCCNC(=O)C(=O)[C@H](C)C(=O)CC. The lowest BCUT2D eigenvalue weighted by Gasteiger charge is -2.10. The van der Waals surface area contributed by atoms with Crippen LogP contribution in [0.25, 0.3) is 0 Å². The zero-order chi connectivity index (χ0) is 18.9. The zero-order valence-electron chi connectivity index (χ0n) is 14.4. The molecule has 0 aromatic carbocycles. The Morgan fingerprint density at radius 1 is 0.667 bits per heavy atom. The molecule has 0 radical (unpaired) electrons. The first-order valence-electron chi connectivity index (χ1n) is 7.86. The third-order valence-corrected chi connectivity index (χ3v) is 3.59. The van der Waals surface area contributed by atoms with Gasteiger partial charge in [-0.15, -0.1) is 0 Å². The molecule has 2 atom stereocenters. The third kappa shape index (κ3) is 6.39. The Kier molecular flexibility index (Phi) is 9.37. The number of carbonyl (C=O) groups excluding carboxylic acids is 6. The first kappa shape index (κ1) is 21.6. The molecule has 0 heterocycles. The molecule has 0 unspecified atom stereocenters. The number of hydrogen-bond donors (Lipinski definition) is 2. The van der Waals surface area contributed by atoms with Gasteiger partial charge in [0.05, 0.1) is 11.8 Å². The molecule has 0 bridgehead atoms.